The molecule has 0 saturated carbocycles. The molecule has 0 N–H and O–H groups in total. The first-order chi connectivity index (χ1) is 8.24. The molecule has 1 aromatic heterocycles. The molecule has 0 aliphatic carbocycles. The minimum absolute atomic E-state index is 0.121. The summed E-state index contributed by atoms with van der Waals surface area (Å²) in [6, 6.07) is 0.121. The molecule has 2 rings (SSSR count). The molecule has 1 amide bonds. The van der Waals surface area contributed by atoms with Crippen LogP contribution < -0.4 is 0 Å². The lowest BCUT2D eigenvalue weighted by molar-refractivity contribution is -0.135. The number of carbonyl (C=O) groups excluding carboxylic acids is 1. The minimum Gasteiger partial charge on any atom is -0.332 e. The van der Waals surface area contributed by atoms with E-state index in [1.807, 2.05) is 23.4 Å². The Morgan fingerprint density at radius 3 is 3.00 bits per heavy atom. The van der Waals surface area contributed by atoms with Crippen LogP contribution in [0.1, 0.15) is 50.9 Å². The molecule has 0 radical (unpaired) electrons. The molecule has 2 heterocycles. The van der Waals surface area contributed by atoms with Gasteiger partial charge in [-0.2, -0.15) is 0 Å². The van der Waals surface area contributed by atoms with Crippen molar-refractivity contribution in [2.75, 3.05) is 6.54 Å². The number of carbonyl (C=O) groups is 1. The van der Waals surface area contributed by atoms with Crippen LogP contribution in [0.5, 0.6) is 0 Å². The van der Waals surface area contributed by atoms with Gasteiger partial charge in [0.25, 0.3) is 0 Å². The van der Waals surface area contributed by atoms with Crippen molar-refractivity contribution in [1.29, 1.82) is 0 Å². The van der Waals surface area contributed by atoms with Gasteiger partial charge in [0.2, 0.25) is 5.91 Å². The number of likely N-dealkylation sites (tertiary alicyclic amines) is 1. The Labute approximate surface area is 102 Å². The normalized spacial score (nSPS) is 20.6. The zero-order valence-electron chi connectivity index (χ0n) is 10.6. The topological polar surface area (TPSA) is 51.0 Å². The summed E-state index contributed by atoms with van der Waals surface area (Å²) in [5, 5.41) is 8.06. The Morgan fingerprint density at radius 2 is 2.35 bits per heavy atom. The van der Waals surface area contributed by atoms with Crippen molar-refractivity contribution < 1.29 is 4.79 Å². The quantitative estimate of drug-likeness (QED) is 0.802. The van der Waals surface area contributed by atoms with Gasteiger partial charge >= 0.3 is 0 Å². The van der Waals surface area contributed by atoms with Crippen LogP contribution in [0.25, 0.3) is 0 Å². The SMILES string of the molecule is CCCC(=O)N1CCCC[C@H]1c1nncn1C. The van der Waals surface area contributed by atoms with E-state index in [2.05, 4.69) is 10.2 Å². The van der Waals surface area contributed by atoms with Gasteiger partial charge in [0.1, 0.15) is 6.33 Å². The molecular formula is C12H20N4O. The van der Waals surface area contributed by atoms with E-state index >= 15 is 0 Å². The van der Waals surface area contributed by atoms with Gasteiger partial charge in [-0.05, 0) is 25.7 Å². The highest BCUT2D eigenvalue weighted by molar-refractivity contribution is 5.76. The molecule has 0 aromatic carbocycles. The Balaban J connectivity index is 2.18. The third-order valence-corrected chi connectivity index (χ3v) is 3.33. The summed E-state index contributed by atoms with van der Waals surface area (Å²) in [6.07, 6.45) is 6.50. The molecule has 17 heavy (non-hydrogen) atoms. The first-order valence-electron chi connectivity index (χ1n) is 6.37. The van der Waals surface area contributed by atoms with Crippen molar-refractivity contribution in [3.8, 4) is 0 Å². The highest BCUT2D eigenvalue weighted by atomic mass is 16.2. The van der Waals surface area contributed by atoms with E-state index in [1.54, 1.807) is 6.33 Å². The predicted molar refractivity (Wildman–Crippen MR) is 64.2 cm³/mol. The summed E-state index contributed by atoms with van der Waals surface area (Å²) in [4.78, 5) is 14.1. The summed E-state index contributed by atoms with van der Waals surface area (Å²) in [5.41, 5.74) is 0. The number of nitrogens with zero attached hydrogens (tertiary/aromatic N) is 4. The minimum atomic E-state index is 0.121. The Bertz CT molecular complexity index is 388. The fraction of sp³-hybridized carbons (Fsp3) is 0.750. The molecule has 94 valence electrons. The van der Waals surface area contributed by atoms with Crippen LogP contribution >= 0.6 is 0 Å². The van der Waals surface area contributed by atoms with Crippen LogP contribution in [-0.2, 0) is 11.8 Å². The van der Waals surface area contributed by atoms with Gasteiger partial charge in [0.15, 0.2) is 5.82 Å². The number of amides is 1. The summed E-state index contributed by atoms with van der Waals surface area (Å²) in [6.45, 7) is 2.90. The standard InChI is InChI=1S/C12H20N4O/c1-3-6-11(17)16-8-5-4-7-10(16)12-14-13-9-15(12)2/h9-10H,3-8H2,1-2H3/t10-/m0/s1. The molecule has 0 unspecified atom stereocenters. The second-order valence-electron chi connectivity index (χ2n) is 4.65. The van der Waals surface area contributed by atoms with Crippen LogP contribution in [0.3, 0.4) is 0 Å². The average molecular weight is 236 g/mol. The van der Waals surface area contributed by atoms with Crippen molar-refractivity contribution in [1.82, 2.24) is 19.7 Å². The fourth-order valence-electron chi connectivity index (χ4n) is 2.45. The van der Waals surface area contributed by atoms with E-state index < -0.39 is 0 Å². The molecule has 1 fully saturated rings. The zero-order valence-corrected chi connectivity index (χ0v) is 10.6. The summed E-state index contributed by atoms with van der Waals surface area (Å²) >= 11 is 0. The van der Waals surface area contributed by atoms with Gasteiger partial charge in [0.05, 0.1) is 6.04 Å². The van der Waals surface area contributed by atoms with E-state index in [0.29, 0.717) is 6.42 Å². The highest BCUT2D eigenvalue weighted by Crippen LogP contribution is 2.29. The fourth-order valence-corrected chi connectivity index (χ4v) is 2.45. The molecule has 1 atom stereocenters. The molecule has 1 saturated heterocycles. The van der Waals surface area contributed by atoms with Crippen LogP contribution in [0.15, 0.2) is 6.33 Å². The Morgan fingerprint density at radius 1 is 1.53 bits per heavy atom. The molecule has 1 aliphatic heterocycles. The maximum absolute atomic E-state index is 12.1. The monoisotopic (exact) mass is 236 g/mol. The maximum Gasteiger partial charge on any atom is 0.223 e. The molecule has 1 aliphatic rings. The van der Waals surface area contributed by atoms with Crippen molar-refractivity contribution in [2.24, 2.45) is 7.05 Å². The number of rotatable bonds is 3. The van der Waals surface area contributed by atoms with Gasteiger partial charge in [-0.3, -0.25) is 4.79 Å². The molecular weight excluding hydrogens is 216 g/mol. The Kier molecular flexibility index (Phi) is 3.76. The third kappa shape index (κ3) is 2.48. The zero-order chi connectivity index (χ0) is 12.3. The van der Waals surface area contributed by atoms with Crippen molar-refractivity contribution in [2.45, 2.75) is 45.1 Å². The lowest BCUT2D eigenvalue weighted by atomic mass is 10.0. The molecule has 0 spiro atoms. The van der Waals surface area contributed by atoms with Crippen LogP contribution in [0.2, 0.25) is 0 Å². The predicted octanol–water partition coefficient (Wildman–Crippen LogP) is 1.67. The van der Waals surface area contributed by atoms with Gasteiger partial charge in [-0.25, -0.2) is 0 Å². The van der Waals surface area contributed by atoms with Crippen LogP contribution in [-0.4, -0.2) is 32.1 Å². The van der Waals surface area contributed by atoms with Crippen molar-refractivity contribution in [3.05, 3.63) is 12.2 Å². The van der Waals surface area contributed by atoms with E-state index in [1.165, 1.54) is 0 Å². The highest BCUT2D eigenvalue weighted by Gasteiger charge is 2.30. The van der Waals surface area contributed by atoms with Crippen molar-refractivity contribution in [3.63, 3.8) is 0 Å². The molecule has 1 aromatic rings. The molecule has 0 bridgehead atoms. The second-order valence-corrected chi connectivity index (χ2v) is 4.65. The van der Waals surface area contributed by atoms with Crippen LogP contribution in [0.4, 0.5) is 0 Å². The first-order valence-corrected chi connectivity index (χ1v) is 6.37. The smallest absolute Gasteiger partial charge is 0.223 e. The van der Waals surface area contributed by atoms with E-state index in [9.17, 15) is 4.79 Å². The van der Waals surface area contributed by atoms with E-state index in [4.69, 9.17) is 0 Å². The third-order valence-electron chi connectivity index (χ3n) is 3.33. The summed E-state index contributed by atoms with van der Waals surface area (Å²) < 4.78 is 1.92. The van der Waals surface area contributed by atoms with Gasteiger partial charge < -0.3 is 9.47 Å². The lowest BCUT2D eigenvalue weighted by Gasteiger charge is -2.35. The number of piperidine rings is 1. The largest absolute Gasteiger partial charge is 0.332 e. The summed E-state index contributed by atoms with van der Waals surface area (Å²) in [7, 11) is 1.94. The Hall–Kier alpha value is -1.39. The van der Waals surface area contributed by atoms with Gasteiger partial charge in [0, 0.05) is 20.0 Å². The van der Waals surface area contributed by atoms with Crippen molar-refractivity contribution >= 4 is 5.91 Å². The van der Waals surface area contributed by atoms with E-state index in [0.717, 1.165) is 38.1 Å². The summed E-state index contributed by atoms with van der Waals surface area (Å²) in [5.74, 6) is 1.16. The first kappa shape index (κ1) is 12.1. The van der Waals surface area contributed by atoms with Crippen LogP contribution in [0, 0.1) is 0 Å². The molecule has 5 heteroatoms. The number of aryl methyl sites for hydroxylation is 1. The lowest BCUT2D eigenvalue weighted by Crippen LogP contribution is -2.39. The van der Waals surface area contributed by atoms with Gasteiger partial charge in [-0.15, -0.1) is 10.2 Å². The molecule has 5 nitrogen and oxygen atoms in total. The second kappa shape index (κ2) is 5.29. The number of hydrogen-bond acceptors (Lipinski definition) is 3. The number of hydrogen-bond donors (Lipinski definition) is 0. The van der Waals surface area contributed by atoms with Gasteiger partial charge in [-0.1, -0.05) is 6.92 Å². The maximum atomic E-state index is 12.1. The van der Waals surface area contributed by atoms with E-state index in [-0.39, 0.29) is 11.9 Å². The number of aromatic nitrogens is 3. The average Bonchev–Trinajstić information content (AvgIpc) is 2.76.